The van der Waals surface area contributed by atoms with Crippen LogP contribution in [-0.2, 0) is 14.3 Å². The molecule has 5 atom stereocenters. The number of hydrogen-bond donors (Lipinski definition) is 1. The van der Waals surface area contributed by atoms with Crippen LogP contribution in [0.1, 0.15) is 72.1 Å². The van der Waals surface area contributed by atoms with E-state index in [4.69, 9.17) is 14.3 Å². The maximum Gasteiger partial charge on any atom is 0.163 e. The number of hydroxylamine groups is 2. The SMILES string of the molecule is CCCCCCCC[C@@H]1C[C@H]2[C@@H]3OC(C)(C)O[C@@H]3[C@H](O)CN2O1. The number of rotatable bonds is 7. The molecule has 5 heteroatoms. The molecule has 1 N–H and O–H groups in total. The third-order valence-electron chi connectivity index (χ3n) is 5.33. The van der Waals surface area contributed by atoms with Crippen LogP contribution in [0, 0.1) is 0 Å². The molecule has 0 amide bonds. The standard InChI is InChI=1S/C18H33NO4/c1-4-5-6-7-8-9-10-13-11-14-16-17(22-18(2,3)21-16)15(20)12-19(14)23-13/h13-17,20H,4-12H2,1-3H3/t13-,14+,15-,16+,17-/m1/s1. The lowest BCUT2D eigenvalue weighted by Gasteiger charge is -2.37. The third kappa shape index (κ3) is 4.07. The monoisotopic (exact) mass is 327 g/mol. The van der Waals surface area contributed by atoms with Gasteiger partial charge in [-0.15, -0.1) is 0 Å². The zero-order valence-corrected chi connectivity index (χ0v) is 14.9. The second-order valence-electron chi connectivity index (χ2n) is 7.82. The molecule has 23 heavy (non-hydrogen) atoms. The highest BCUT2D eigenvalue weighted by Gasteiger charge is 2.56. The average Bonchev–Trinajstić information content (AvgIpc) is 3.03. The van der Waals surface area contributed by atoms with Gasteiger partial charge in [0.2, 0.25) is 0 Å². The molecule has 0 unspecified atom stereocenters. The molecule has 0 aromatic heterocycles. The molecular weight excluding hydrogens is 294 g/mol. The Morgan fingerprint density at radius 2 is 1.74 bits per heavy atom. The van der Waals surface area contributed by atoms with Gasteiger partial charge in [0.1, 0.15) is 12.2 Å². The number of piperidine rings is 1. The molecule has 0 bridgehead atoms. The second-order valence-corrected chi connectivity index (χ2v) is 7.82. The Labute approximate surface area is 140 Å². The first-order valence-electron chi connectivity index (χ1n) is 9.47. The van der Waals surface area contributed by atoms with Crippen LogP contribution in [0.2, 0.25) is 0 Å². The molecule has 3 saturated heterocycles. The topological polar surface area (TPSA) is 51.2 Å². The first kappa shape index (κ1) is 17.6. The summed E-state index contributed by atoms with van der Waals surface area (Å²) in [6.07, 6.45) is 9.39. The van der Waals surface area contributed by atoms with Crippen molar-refractivity contribution in [3.05, 3.63) is 0 Å². The molecule has 0 aromatic rings. The van der Waals surface area contributed by atoms with E-state index in [-0.39, 0.29) is 24.4 Å². The molecule has 0 spiro atoms. The maximum absolute atomic E-state index is 10.3. The fourth-order valence-electron chi connectivity index (χ4n) is 4.20. The Bertz CT molecular complexity index is 389. The van der Waals surface area contributed by atoms with Crippen LogP contribution in [0.15, 0.2) is 0 Å². The van der Waals surface area contributed by atoms with Crippen LogP contribution < -0.4 is 0 Å². The maximum atomic E-state index is 10.3. The van der Waals surface area contributed by atoms with Gasteiger partial charge in [0, 0.05) is 0 Å². The van der Waals surface area contributed by atoms with E-state index in [1.165, 1.54) is 38.5 Å². The number of aliphatic hydroxyl groups excluding tert-OH is 1. The average molecular weight is 327 g/mol. The minimum atomic E-state index is -0.607. The Morgan fingerprint density at radius 1 is 1.04 bits per heavy atom. The van der Waals surface area contributed by atoms with E-state index < -0.39 is 11.9 Å². The number of aliphatic hydroxyl groups is 1. The van der Waals surface area contributed by atoms with Crippen molar-refractivity contribution in [3.63, 3.8) is 0 Å². The third-order valence-corrected chi connectivity index (χ3v) is 5.33. The first-order valence-corrected chi connectivity index (χ1v) is 9.47. The molecule has 0 aromatic carbocycles. The Balaban J connectivity index is 1.46. The lowest BCUT2D eigenvalue weighted by molar-refractivity contribution is -0.217. The smallest absolute Gasteiger partial charge is 0.163 e. The largest absolute Gasteiger partial charge is 0.389 e. The summed E-state index contributed by atoms with van der Waals surface area (Å²) in [6, 6.07) is 0.218. The van der Waals surface area contributed by atoms with Crippen LogP contribution in [0.3, 0.4) is 0 Å². The number of unbranched alkanes of at least 4 members (excludes halogenated alkanes) is 5. The summed E-state index contributed by atoms with van der Waals surface area (Å²) < 4.78 is 11.9. The van der Waals surface area contributed by atoms with Crippen molar-refractivity contribution in [2.75, 3.05) is 6.54 Å². The molecular formula is C18H33NO4. The van der Waals surface area contributed by atoms with Crippen molar-refractivity contribution in [1.29, 1.82) is 0 Å². The summed E-state index contributed by atoms with van der Waals surface area (Å²) in [6.45, 7) is 6.62. The van der Waals surface area contributed by atoms with Crippen molar-refractivity contribution < 1.29 is 19.4 Å². The fraction of sp³-hybridized carbons (Fsp3) is 1.00. The minimum Gasteiger partial charge on any atom is -0.389 e. The van der Waals surface area contributed by atoms with Gasteiger partial charge in [0.25, 0.3) is 0 Å². The van der Waals surface area contributed by atoms with Gasteiger partial charge in [-0.05, 0) is 26.7 Å². The number of fused-ring (bicyclic) bond motifs is 3. The lowest BCUT2D eigenvalue weighted by atomic mass is 9.92. The Hall–Kier alpha value is -0.200. The molecule has 3 heterocycles. The van der Waals surface area contributed by atoms with E-state index >= 15 is 0 Å². The van der Waals surface area contributed by atoms with Crippen molar-refractivity contribution in [2.24, 2.45) is 0 Å². The molecule has 134 valence electrons. The van der Waals surface area contributed by atoms with Gasteiger partial charge in [-0.25, -0.2) is 0 Å². The van der Waals surface area contributed by atoms with Gasteiger partial charge in [-0.1, -0.05) is 45.4 Å². The van der Waals surface area contributed by atoms with Crippen LogP contribution in [0.4, 0.5) is 0 Å². The summed E-state index contributed by atoms with van der Waals surface area (Å²) in [7, 11) is 0. The van der Waals surface area contributed by atoms with E-state index in [1.54, 1.807) is 0 Å². The minimum absolute atomic E-state index is 0.0803. The predicted octanol–water partition coefficient (Wildman–Crippen LogP) is 3.01. The van der Waals surface area contributed by atoms with Crippen molar-refractivity contribution >= 4 is 0 Å². The Morgan fingerprint density at radius 3 is 2.52 bits per heavy atom. The fourth-order valence-corrected chi connectivity index (χ4v) is 4.20. The van der Waals surface area contributed by atoms with E-state index in [0.29, 0.717) is 6.54 Å². The van der Waals surface area contributed by atoms with Crippen LogP contribution >= 0.6 is 0 Å². The molecule has 5 nitrogen and oxygen atoms in total. The second kappa shape index (κ2) is 7.36. The van der Waals surface area contributed by atoms with Crippen molar-refractivity contribution in [2.45, 2.75) is 108 Å². The van der Waals surface area contributed by atoms with Crippen molar-refractivity contribution in [1.82, 2.24) is 5.06 Å². The summed E-state index contributed by atoms with van der Waals surface area (Å²) >= 11 is 0. The number of nitrogens with zero attached hydrogens (tertiary/aromatic N) is 1. The molecule has 3 fully saturated rings. The Kier molecular flexibility index (Phi) is 5.64. The van der Waals surface area contributed by atoms with Crippen molar-refractivity contribution in [3.8, 4) is 0 Å². The van der Waals surface area contributed by atoms with Gasteiger partial charge >= 0.3 is 0 Å². The molecule has 0 saturated carbocycles. The highest BCUT2D eigenvalue weighted by Crippen LogP contribution is 2.41. The van der Waals surface area contributed by atoms with Gasteiger partial charge in [-0.2, -0.15) is 5.06 Å². The van der Waals surface area contributed by atoms with Crippen LogP contribution in [0.5, 0.6) is 0 Å². The lowest BCUT2D eigenvalue weighted by Crippen LogP contribution is -2.57. The zero-order valence-electron chi connectivity index (χ0n) is 14.9. The molecule has 3 aliphatic rings. The summed E-state index contributed by atoms with van der Waals surface area (Å²) in [5, 5.41) is 12.3. The van der Waals surface area contributed by atoms with Crippen LogP contribution in [0.25, 0.3) is 0 Å². The molecule has 3 aliphatic heterocycles. The van der Waals surface area contributed by atoms with E-state index in [9.17, 15) is 5.11 Å². The van der Waals surface area contributed by atoms with E-state index in [0.717, 1.165) is 12.8 Å². The quantitative estimate of drug-likeness (QED) is 0.729. The summed E-state index contributed by atoms with van der Waals surface area (Å²) in [5.74, 6) is -0.607. The van der Waals surface area contributed by atoms with Gasteiger partial charge in [-0.3, -0.25) is 4.84 Å². The van der Waals surface area contributed by atoms with Gasteiger partial charge in [0.15, 0.2) is 5.79 Å². The van der Waals surface area contributed by atoms with E-state index in [2.05, 4.69) is 6.92 Å². The summed E-state index contributed by atoms with van der Waals surface area (Å²) in [5.41, 5.74) is 0. The zero-order chi connectivity index (χ0) is 16.4. The molecule has 0 radical (unpaired) electrons. The number of hydrogen-bond acceptors (Lipinski definition) is 5. The first-order chi connectivity index (χ1) is 11.0. The predicted molar refractivity (Wildman–Crippen MR) is 87.8 cm³/mol. The van der Waals surface area contributed by atoms with Gasteiger partial charge < -0.3 is 14.6 Å². The van der Waals surface area contributed by atoms with Gasteiger partial charge in [0.05, 0.1) is 24.8 Å². The summed E-state index contributed by atoms with van der Waals surface area (Å²) in [4.78, 5) is 6.08. The highest BCUT2D eigenvalue weighted by molar-refractivity contribution is 5.01. The normalized spacial score (nSPS) is 39.4. The number of ether oxygens (including phenoxy) is 2. The van der Waals surface area contributed by atoms with Crippen LogP contribution in [-0.4, -0.2) is 53.0 Å². The molecule has 3 rings (SSSR count). The van der Waals surface area contributed by atoms with E-state index in [1.807, 2.05) is 18.9 Å². The molecule has 0 aliphatic carbocycles. The highest BCUT2D eigenvalue weighted by atomic mass is 16.8.